The van der Waals surface area contributed by atoms with Gasteiger partial charge in [0.2, 0.25) is 0 Å². The molecule has 26 heavy (non-hydrogen) atoms. The van der Waals surface area contributed by atoms with Crippen LogP contribution in [0.25, 0.3) is 11.0 Å². The summed E-state index contributed by atoms with van der Waals surface area (Å²) in [6, 6.07) is 4.24. The molecule has 138 valence electrons. The van der Waals surface area contributed by atoms with Crippen LogP contribution in [0.15, 0.2) is 34.2 Å². The van der Waals surface area contributed by atoms with Gasteiger partial charge < -0.3 is 10.1 Å². The first kappa shape index (κ1) is 18.5. The molecule has 0 saturated heterocycles. The summed E-state index contributed by atoms with van der Waals surface area (Å²) in [7, 11) is 0. The van der Waals surface area contributed by atoms with Crippen LogP contribution < -0.4 is 5.56 Å². The Labute approximate surface area is 150 Å². The smallest absolute Gasteiger partial charge is 0.390 e. The minimum Gasteiger partial charge on any atom is -0.390 e. The fraction of sp³-hybridized carbons (Fsp3) is 0.312. The molecule has 0 aliphatic carbocycles. The number of halogens is 3. The number of hydrogen-bond acceptors (Lipinski definition) is 5. The first-order chi connectivity index (χ1) is 12.3. The van der Waals surface area contributed by atoms with Crippen molar-refractivity contribution in [3.8, 4) is 0 Å². The monoisotopic (exact) mass is 384 g/mol. The molecule has 6 nitrogen and oxygen atoms in total. The molecule has 0 radical (unpaired) electrons. The van der Waals surface area contributed by atoms with Crippen LogP contribution in [-0.4, -0.2) is 31.1 Å². The molecule has 2 aromatic heterocycles. The van der Waals surface area contributed by atoms with Gasteiger partial charge in [0, 0.05) is 0 Å². The summed E-state index contributed by atoms with van der Waals surface area (Å²) in [6.07, 6.45) is -2.66. The minimum absolute atomic E-state index is 0.167. The maximum atomic E-state index is 12.7. The van der Waals surface area contributed by atoms with E-state index in [2.05, 4.69) is 15.1 Å². The molecule has 3 rings (SSSR count). The molecule has 0 aliphatic rings. The number of aromatic nitrogens is 4. The number of nitrogens with one attached hydrogen (secondary N) is 1. The summed E-state index contributed by atoms with van der Waals surface area (Å²) in [5, 5.41) is 14.3. The predicted molar refractivity (Wildman–Crippen MR) is 91.1 cm³/mol. The number of benzene rings is 1. The Morgan fingerprint density at radius 2 is 1.96 bits per heavy atom. The van der Waals surface area contributed by atoms with E-state index in [-0.39, 0.29) is 16.7 Å². The predicted octanol–water partition coefficient (Wildman–Crippen LogP) is 2.96. The Bertz CT molecular complexity index is 996. The van der Waals surface area contributed by atoms with Crippen molar-refractivity contribution < 1.29 is 18.3 Å². The van der Waals surface area contributed by atoms with Crippen molar-refractivity contribution in [2.24, 2.45) is 0 Å². The average Bonchev–Trinajstić information content (AvgIpc) is 2.99. The molecule has 0 fully saturated rings. The lowest BCUT2D eigenvalue weighted by molar-refractivity contribution is -0.137. The fourth-order valence-electron chi connectivity index (χ4n) is 2.66. The van der Waals surface area contributed by atoms with Crippen molar-refractivity contribution in [2.75, 3.05) is 6.26 Å². The zero-order valence-corrected chi connectivity index (χ0v) is 14.6. The van der Waals surface area contributed by atoms with Gasteiger partial charge in [-0.15, -0.1) is 0 Å². The van der Waals surface area contributed by atoms with Crippen LogP contribution in [0.2, 0.25) is 0 Å². The van der Waals surface area contributed by atoms with Crippen molar-refractivity contribution in [2.45, 2.75) is 30.9 Å². The second-order valence-electron chi connectivity index (χ2n) is 5.62. The highest BCUT2D eigenvalue weighted by Gasteiger charge is 2.30. The number of aromatic amines is 1. The number of hydrogen-bond donors (Lipinski definition) is 2. The number of aliphatic hydroxyl groups excluding tert-OH is 1. The van der Waals surface area contributed by atoms with Gasteiger partial charge in [-0.25, -0.2) is 9.67 Å². The van der Waals surface area contributed by atoms with Crippen LogP contribution >= 0.6 is 11.8 Å². The van der Waals surface area contributed by atoms with Crippen LogP contribution in [0.1, 0.15) is 29.8 Å². The zero-order chi connectivity index (χ0) is 19.1. The number of rotatable bonds is 4. The third-order valence-electron chi connectivity index (χ3n) is 4.04. The van der Waals surface area contributed by atoms with Gasteiger partial charge in [0.05, 0.1) is 18.2 Å². The van der Waals surface area contributed by atoms with E-state index in [4.69, 9.17) is 0 Å². The van der Waals surface area contributed by atoms with E-state index in [0.29, 0.717) is 10.7 Å². The van der Waals surface area contributed by atoms with Gasteiger partial charge in [-0.2, -0.15) is 18.3 Å². The lowest BCUT2D eigenvalue weighted by Gasteiger charge is -2.15. The maximum Gasteiger partial charge on any atom is 0.416 e. The summed E-state index contributed by atoms with van der Waals surface area (Å²) in [5.41, 5.74) is -0.155. The van der Waals surface area contributed by atoms with Crippen LogP contribution in [0.4, 0.5) is 13.2 Å². The molecular weight excluding hydrogens is 369 g/mol. The van der Waals surface area contributed by atoms with Crippen molar-refractivity contribution >= 4 is 22.8 Å². The maximum absolute atomic E-state index is 12.7. The van der Waals surface area contributed by atoms with Gasteiger partial charge in [-0.1, -0.05) is 23.9 Å². The number of H-pyrrole nitrogens is 1. The molecule has 1 unspecified atom stereocenters. The number of thioether (sulfide) groups is 1. The highest BCUT2D eigenvalue weighted by Crippen LogP contribution is 2.31. The summed E-state index contributed by atoms with van der Waals surface area (Å²) < 4.78 is 39.6. The Morgan fingerprint density at radius 3 is 2.50 bits per heavy atom. The van der Waals surface area contributed by atoms with E-state index in [0.717, 1.165) is 12.1 Å². The fourth-order valence-corrected chi connectivity index (χ4v) is 3.04. The standard InChI is InChI=1S/C16H15F3N4O2S/c1-8(9-3-5-10(6-4-9)16(17,18)19)23-13-12(11(7-24)22-23)14(25)21-15(20-13)26-2/h3-6,8,24H,7H2,1-2H3,(H,20,21,25). The number of aliphatic hydroxyl groups is 1. The summed E-state index contributed by atoms with van der Waals surface area (Å²) in [6.45, 7) is 1.28. The quantitative estimate of drug-likeness (QED) is 0.534. The zero-order valence-electron chi connectivity index (χ0n) is 13.8. The van der Waals surface area contributed by atoms with Crippen molar-refractivity contribution in [3.63, 3.8) is 0 Å². The number of fused-ring (bicyclic) bond motifs is 1. The largest absolute Gasteiger partial charge is 0.416 e. The molecule has 1 atom stereocenters. The minimum atomic E-state index is -4.41. The first-order valence-corrected chi connectivity index (χ1v) is 8.82. The summed E-state index contributed by atoms with van der Waals surface area (Å²) in [5.74, 6) is 0. The van der Waals surface area contributed by atoms with E-state index in [9.17, 15) is 23.1 Å². The molecule has 0 spiro atoms. The highest BCUT2D eigenvalue weighted by molar-refractivity contribution is 7.98. The van der Waals surface area contributed by atoms with Crippen LogP contribution in [0.3, 0.4) is 0 Å². The Morgan fingerprint density at radius 1 is 1.31 bits per heavy atom. The number of alkyl halides is 3. The molecule has 3 aromatic rings. The van der Waals surface area contributed by atoms with Crippen LogP contribution in [0, 0.1) is 0 Å². The van der Waals surface area contributed by atoms with Crippen LogP contribution in [-0.2, 0) is 12.8 Å². The summed E-state index contributed by atoms with van der Waals surface area (Å²) in [4.78, 5) is 19.2. The van der Waals surface area contributed by atoms with Gasteiger partial charge in [0.25, 0.3) is 5.56 Å². The molecule has 10 heteroatoms. The molecule has 2 heterocycles. The van der Waals surface area contributed by atoms with Crippen molar-refractivity contribution in [1.82, 2.24) is 19.7 Å². The Kier molecular flexibility index (Phi) is 4.80. The van der Waals surface area contributed by atoms with Gasteiger partial charge in [-0.3, -0.25) is 4.79 Å². The van der Waals surface area contributed by atoms with E-state index in [1.54, 1.807) is 13.2 Å². The third-order valence-corrected chi connectivity index (χ3v) is 4.62. The molecule has 0 bridgehead atoms. The highest BCUT2D eigenvalue weighted by atomic mass is 32.2. The topological polar surface area (TPSA) is 83.8 Å². The van der Waals surface area contributed by atoms with Crippen molar-refractivity contribution in [1.29, 1.82) is 0 Å². The van der Waals surface area contributed by atoms with Gasteiger partial charge in [-0.05, 0) is 30.9 Å². The number of nitrogens with zero attached hydrogens (tertiary/aromatic N) is 3. The molecule has 1 aromatic carbocycles. The third kappa shape index (κ3) is 3.21. The van der Waals surface area contributed by atoms with E-state index in [1.165, 1.54) is 28.6 Å². The molecule has 0 amide bonds. The molecule has 0 saturated carbocycles. The Balaban J connectivity index is 2.12. The van der Waals surface area contributed by atoms with Gasteiger partial charge >= 0.3 is 6.18 Å². The second-order valence-corrected chi connectivity index (χ2v) is 6.41. The summed E-state index contributed by atoms with van der Waals surface area (Å²) >= 11 is 1.24. The Hall–Kier alpha value is -2.33. The van der Waals surface area contributed by atoms with E-state index < -0.39 is 29.9 Å². The van der Waals surface area contributed by atoms with Crippen LogP contribution in [0.5, 0.6) is 0 Å². The van der Waals surface area contributed by atoms with Gasteiger partial charge in [0.15, 0.2) is 10.8 Å². The average molecular weight is 384 g/mol. The molecule has 0 aliphatic heterocycles. The molecule has 2 N–H and O–H groups in total. The van der Waals surface area contributed by atoms with Crippen molar-refractivity contribution in [3.05, 3.63) is 51.4 Å². The molecular formula is C16H15F3N4O2S. The van der Waals surface area contributed by atoms with Gasteiger partial charge in [0.1, 0.15) is 11.1 Å². The SMILES string of the molecule is CSc1nc2c(c(CO)nn2C(C)c2ccc(C(F)(F)F)cc2)c(=O)[nH]1. The van der Waals surface area contributed by atoms with E-state index in [1.807, 2.05) is 0 Å². The lowest BCUT2D eigenvalue weighted by atomic mass is 10.1. The first-order valence-electron chi connectivity index (χ1n) is 7.59. The normalized spacial score (nSPS) is 13.3. The lowest BCUT2D eigenvalue weighted by Crippen LogP contribution is -2.13. The second kappa shape index (κ2) is 6.76. The van der Waals surface area contributed by atoms with E-state index >= 15 is 0 Å².